The third kappa shape index (κ3) is 4.37. The highest BCUT2D eigenvalue weighted by molar-refractivity contribution is 8.02. The molecule has 1 rings (SSSR count). The lowest BCUT2D eigenvalue weighted by Crippen LogP contribution is -2.20. The minimum atomic E-state index is 0.428. The normalized spacial score (nSPS) is 11.6. The molecule has 0 saturated heterocycles. The van der Waals surface area contributed by atoms with Gasteiger partial charge in [-0.3, -0.25) is 0 Å². The van der Waals surface area contributed by atoms with Crippen molar-refractivity contribution in [2.45, 2.75) is 19.9 Å². The highest BCUT2D eigenvalue weighted by Crippen LogP contribution is 2.12. The van der Waals surface area contributed by atoms with Crippen molar-refractivity contribution in [1.82, 2.24) is 5.32 Å². The van der Waals surface area contributed by atoms with Crippen LogP contribution in [0.4, 0.5) is 0 Å². The third-order valence-electron chi connectivity index (χ3n) is 1.97. The van der Waals surface area contributed by atoms with Gasteiger partial charge in [0.1, 0.15) is 0 Å². The van der Waals surface area contributed by atoms with E-state index in [0.717, 1.165) is 15.5 Å². The van der Waals surface area contributed by atoms with Crippen molar-refractivity contribution in [3.8, 4) is 0 Å². The summed E-state index contributed by atoms with van der Waals surface area (Å²) in [5.41, 5.74) is 1.09. The van der Waals surface area contributed by atoms with Gasteiger partial charge >= 0.3 is 0 Å². The van der Waals surface area contributed by atoms with E-state index >= 15 is 0 Å². The van der Waals surface area contributed by atoms with Crippen molar-refractivity contribution >= 4 is 28.8 Å². The molecule has 1 aromatic carbocycles. The van der Waals surface area contributed by atoms with Crippen molar-refractivity contribution in [2.24, 2.45) is 0 Å². The molecule has 0 aliphatic rings. The van der Waals surface area contributed by atoms with Crippen molar-refractivity contribution in [3.63, 3.8) is 0 Å². The molecule has 0 aromatic heterocycles. The maximum Gasteiger partial charge on any atom is 0.0695 e. The van der Waals surface area contributed by atoms with E-state index in [1.165, 1.54) is 0 Å². The van der Waals surface area contributed by atoms with Crippen molar-refractivity contribution in [2.75, 3.05) is 6.26 Å². The van der Waals surface area contributed by atoms with Crippen LogP contribution in [0.1, 0.15) is 19.4 Å². The van der Waals surface area contributed by atoms with Gasteiger partial charge in [0.05, 0.1) is 5.03 Å². The molecule has 86 valence electrons. The summed E-state index contributed by atoms with van der Waals surface area (Å²) in [7, 11) is 0. The monoisotopic (exact) mass is 251 g/mol. The quantitative estimate of drug-likeness (QED) is 0.488. The molecule has 0 aliphatic heterocycles. The predicted octanol–water partition coefficient (Wildman–Crippen LogP) is 3.61. The summed E-state index contributed by atoms with van der Waals surface area (Å²) in [6.45, 7) is 4.24. The second-order valence-electron chi connectivity index (χ2n) is 3.74. The van der Waals surface area contributed by atoms with Gasteiger partial charge in [0.15, 0.2) is 0 Å². The van der Waals surface area contributed by atoms with Crippen LogP contribution in [0, 0.1) is 0 Å². The zero-order valence-corrected chi connectivity index (χ0v) is 11.5. The van der Waals surface area contributed by atoms with E-state index in [2.05, 4.69) is 25.4 Å². The highest BCUT2D eigenvalue weighted by Gasteiger charge is 2.01. The van der Waals surface area contributed by atoms with Crippen LogP contribution >= 0.6 is 24.0 Å². The molecule has 0 spiro atoms. The summed E-state index contributed by atoms with van der Waals surface area (Å²) in [6.07, 6.45) is 4.07. The highest BCUT2D eigenvalue weighted by atomic mass is 32.2. The number of allylic oxidation sites excluding steroid dienone is 1. The van der Waals surface area contributed by atoms with E-state index < -0.39 is 0 Å². The fourth-order valence-corrected chi connectivity index (χ4v) is 2.17. The molecule has 16 heavy (non-hydrogen) atoms. The molecule has 0 fully saturated rings. The van der Waals surface area contributed by atoms with E-state index in [0.29, 0.717) is 6.04 Å². The van der Waals surface area contributed by atoms with E-state index in [4.69, 9.17) is 12.2 Å². The van der Waals surface area contributed by atoms with Gasteiger partial charge < -0.3 is 5.32 Å². The Morgan fingerprint density at radius 3 is 2.44 bits per heavy atom. The Balaban J connectivity index is 2.78. The molecule has 0 bridgehead atoms. The first-order valence-electron chi connectivity index (χ1n) is 5.25. The van der Waals surface area contributed by atoms with Gasteiger partial charge in [0, 0.05) is 10.9 Å². The number of benzene rings is 1. The molecular weight excluding hydrogens is 234 g/mol. The third-order valence-corrected chi connectivity index (χ3v) is 3.00. The van der Waals surface area contributed by atoms with Gasteiger partial charge in [-0.25, -0.2) is 0 Å². The molecule has 0 saturated carbocycles. The Kier molecular flexibility index (Phi) is 5.56. The van der Waals surface area contributed by atoms with Crippen LogP contribution in [0.3, 0.4) is 0 Å². The maximum atomic E-state index is 5.39. The van der Waals surface area contributed by atoms with Gasteiger partial charge in [0.2, 0.25) is 0 Å². The van der Waals surface area contributed by atoms with Crippen LogP contribution in [-0.2, 0) is 0 Å². The van der Waals surface area contributed by atoms with Gasteiger partial charge in [0.25, 0.3) is 0 Å². The summed E-state index contributed by atoms with van der Waals surface area (Å²) in [5.74, 6) is 0. The van der Waals surface area contributed by atoms with Crippen LogP contribution in [-0.4, -0.2) is 17.2 Å². The average molecular weight is 251 g/mol. The molecule has 1 nitrogen and oxygen atoms in total. The number of thiocarbonyl (C=S) groups is 1. The van der Waals surface area contributed by atoms with Crippen LogP contribution < -0.4 is 5.32 Å². The Bertz CT molecular complexity index is 369. The first-order chi connectivity index (χ1) is 7.63. The summed E-state index contributed by atoms with van der Waals surface area (Å²) < 4.78 is 0. The minimum Gasteiger partial charge on any atom is -0.378 e. The average Bonchev–Trinajstić information content (AvgIpc) is 2.28. The van der Waals surface area contributed by atoms with Crippen molar-refractivity contribution < 1.29 is 0 Å². The second kappa shape index (κ2) is 6.71. The SMILES string of the molecule is CS/C(=C/C(=S)c1ccccc1)NC(C)C. The number of hydrogen-bond acceptors (Lipinski definition) is 3. The number of hydrogen-bond donors (Lipinski definition) is 1. The standard InChI is InChI=1S/C13H17NS2/c1-10(2)14-13(16-3)9-12(15)11-7-5-4-6-8-11/h4-10,14H,1-3H3/b13-9+. The molecular formula is C13H17NS2. The van der Waals surface area contributed by atoms with Gasteiger partial charge in [-0.05, 0) is 31.7 Å². The molecule has 1 aromatic rings. The van der Waals surface area contributed by atoms with Gasteiger partial charge in [-0.2, -0.15) is 0 Å². The molecule has 3 heteroatoms. The predicted molar refractivity (Wildman–Crippen MR) is 78.0 cm³/mol. The zero-order chi connectivity index (χ0) is 12.0. The Morgan fingerprint density at radius 1 is 1.31 bits per heavy atom. The van der Waals surface area contributed by atoms with Crippen LogP contribution in [0.15, 0.2) is 41.4 Å². The molecule has 1 N–H and O–H groups in total. The summed E-state index contributed by atoms with van der Waals surface area (Å²) >= 11 is 7.07. The summed E-state index contributed by atoms with van der Waals surface area (Å²) in [6, 6.07) is 10.5. The lowest BCUT2D eigenvalue weighted by molar-refractivity contribution is 0.695. The maximum absolute atomic E-state index is 5.39. The number of thioether (sulfide) groups is 1. The van der Waals surface area contributed by atoms with Gasteiger partial charge in [-0.15, -0.1) is 11.8 Å². The molecule has 0 radical (unpaired) electrons. The molecule has 0 amide bonds. The van der Waals surface area contributed by atoms with Gasteiger partial charge in [-0.1, -0.05) is 42.5 Å². The molecule has 0 heterocycles. The van der Waals surface area contributed by atoms with E-state index in [9.17, 15) is 0 Å². The molecule has 0 atom stereocenters. The zero-order valence-electron chi connectivity index (χ0n) is 9.86. The van der Waals surface area contributed by atoms with Crippen molar-refractivity contribution in [1.29, 1.82) is 0 Å². The van der Waals surface area contributed by atoms with E-state index in [-0.39, 0.29) is 0 Å². The first-order valence-corrected chi connectivity index (χ1v) is 6.88. The lowest BCUT2D eigenvalue weighted by atomic mass is 10.1. The molecule has 0 unspecified atom stereocenters. The number of nitrogens with one attached hydrogen (secondary N) is 1. The second-order valence-corrected chi connectivity index (χ2v) is 5.03. The largest absolute Gasteiger partial charge is 0.378 e. The van der Waals surface area contributed by atoms with E-state index in [1.54, 1.807) is 11.8 Å². The smallest absolute Gasteiger partial charge is 0.0695 e. The molecule has 0 aliphatic carbocycles. The topological polar surface area (TPSA) is 12.0 Å². The Labute approximate surface area is 107 Å². The van der Waals surface area contributed by atoms with Crippen LogP contribution in [0.25, 0.3) is 0 Å². The van der Waals surface area contributed by atoms with E-state index in [1.807, 2.05) is 36.4 Å². The van der Waals surface area contributed by atoms with Crippen molar-refractivity contribution in [3.05, 3.63) is 47.0 Å². The van der Waals surface area contributed by atoms with Crippen LogP contribution in [0.5, 0.6) is 0 Å². The fraction of sp³-hybridized carbons (Fsp3) is 0.308. The minimum absolute atomic E-state index is 0.428. The fourth-order valence-electron chi connectivity index (χ4n) is 1.25. The summed E-state index contributed by atoms with van der Waals surface area (Å²) in [4.78, 5) is 0.873. The Morgan fingerprint density at radius 2 is 1.94 bits per heavy atom. The lowest BCUT2D eigenvalue weighted by Gasteiger charge is -2.12. The Hall–Kier alpha value is -0.800. The summed E-state index contributed by atoms with van der Waals surface area (Å²) in [5, 5.41) is 4.48. The number of rotatable bonds is 5. The van der Waals surface area contributed by atoms with Crippen LogP contribution in [0.2, 0.25) is 0 Å². The first kappa shape index (κ1) is 13.3.